The van der Waals surface area contributed by atoms with E-state index < -0.39 is 0 Å². The van der Waals surface area contributed by atoms with Gasteiger partial charge in [0.2, 0.25) is 0 Å². The van der Waals surface area contributed by atoms with Gasteiger partial charge < -0.3 is 14.9 Å². The number of para-hydroxylation sites is 3. The maximum Gasteiger partial charge on any atom is 0.130 e. The molecule has 0 fully saturated rings. The number of rotatable bonds is 6. The molecule has 2 N–H and O–H groups in total. The lowest BCUT2D eigenvalue weighted by Crippen LogP contribution is -2.12. The van der Waals surface area contributed by atoms with Crippen LogP contribution in [-0.4, -0.2) is 15.0 Å². The van der Waals surface area contributed by atoms with Gasteiger partial charge in [-0.15, -0.1) is 0 Å². The zero-order chi connectivity index (χ0) is 33.6. The molecule has 7 aromatic carbocycles. The van der Waals surface area contributed by atoms with Crippen LogP contribution in [-0.2, 0) is 0 Å². The van der Waals surface area contributed by atoms with E-state index in [9.17, 15) is 0 Å². The summed E-state index contributed by atoms with van der Waals surface area (Å²) >= 11 is 0. The summed E-state index contributed by atoms with van der Waals surface area (Å²) in [6, 6.07) is 58.8. The van der Waals surface area contributed by atoms with E-state index in [1.807, 2.05) is 25.1 Å². The van der Waals surface area contributed by atoms with E-state index >= 15 is 0 Å². The molecule has 0 saturated heterocycles. The van der Waals surface area contributed by atoms with E-state index in [1.54, 1.807) is 6.20 Å². The first-order valence-corrected chi connectivity index (χ1v) is 17.0. The number of aliphatic imine (C=N–C) groups is 1. The fraction of sp³-hybridized carbons (Fsp3) is 0.0217. The van der Waals surface area contributed by atoms with Crippen molar-refractivity contribution < 1.29 is 0 Å². The van der Waals surface area contributed by atoms with Crippen LogP contribution in [0.2, 0.25) is 0 Å². The number of allylic oxidation sites excluding steroid dienone is 1. The first-order valence-electron chi connectivity index (χ1n) is 17.0. The van der Waals surface area contributed by atoms with E-state index in [0.29, 0.717) is 5.84 Å². The van der Waals surface area contributed by atoms with Crippen LogP contribution in [0.5, 0.6) is 0 Å². The molecule has 2 aromatic heterocycles. The average Bonchev–Trinajstić information content (AvgIpc) is 3.69. The second kappa shape index (κ2) is 12.1. The molecule has 50 heavy (non-hydrogen) atoms. The Bertz CT molecular complexity index is 2760. The number of fused-ring (bicyclic) bond motifs is 6. The monoisotopic (exact) mass is 642 g/mol. The quantitative estimate of drug-likeness (QED) is 0.142. The van der Waals surface area contributed by atoms with Gasteiger partial charge in [0.25, 0.3) is 0 Å². The van der Waals surface area contributed by atoms with Crippen LogP contribution >= 0.6 is 0 Å². The first-order chi connectivity index (χ1) is 24.7. The number of nitrogens with zero attached hydrogens (tertiary/aromatic N) is 3. The van der Waals surface area contributed by atoms with Gasteiger partial charge in [-0.05, 0) is 95.9 Å². The average molecular weight is 643 g/mol. The summed E-state index contributed by atoms with van der Waals surface area (Å²) in [5, 5.41) is 4.98. The van der Waals surface area contributed by atoms with Crippen LogP contribution < -0.4 is 5.73 Å². The van der Waals surface area contributed by atoms with Gasteiger partial charge in [0, 0.05) is 44.7 Å². The molecule has 4 nitrogen and oxygen atoms in total. The molecule has 9 rings (SSSR count). The van der Waals surface area contributed by atoms with E-state index in [2.05, 4.69) is 166 Å². The number of aromatic nitrogens is 2. The molecule has 0 unspecified atom stereocenters. The molecule has 0 saturated carbocycles. The summed E-state index contributed by atoms with van der Waals surface area (Å²) in [5.41, 5.74) is 18.8. The van der Waals surface area contributed by atoms with E-state index in [-0.39, 0.29) is 0 Å². The van der Waals surface area contributed by atoms with Gasteiger partial charge in [0.15, 0.2) is 0 Å². The van der Waals surface area contributed by atoms with Gasteiger partial charge >= 0.3 is 0 Å². The van der Waals surface area contributed by atoms with Crippen molar-refractivity contribution in [2.75, 3.05) is 0 Å². The fourth-order valence-electron chi connectivity index (χ4n) is 7.33. The normalized spacial score (nSPS) is 12.2. The summed E-state index contributed by atoms with van der Waals surface area (Å²) < 4.78 is 4.73. The molecular weight excluding hydrogens is 609 g/mol. The summed E-state index contributed by atoms with van der Waals surface area (Å²) in [5.74, 6) is 0.505. The van der Waals surface area contributed by atoms with Crippen LogP contribution in [0.15, 0.2) is 181 Å². The third kappa shape index (κ3) is 4.89. The van der Waals surface area contributed by atoms with Gasteiger partial charge in [-0.2, -0.15) is 0 Å². The highest BCUT2D eigenvalue weighted by molar-refractivity contribution is 6.12. The second-order valence-corrected chi connectivity index (χ2v) is 12.6. The Morgan fingerprint density at radius 2 is 0.960 bits per heavy atom. The Hall–Kier alpha value is -6.65. The molecule has 0 aliphatic heterocycles. The largest absolute Gasteiger partial charge is 0.383 e. The molecule has 0 radical (unpaired) electrons. The minimum Gasteiger partial charge on any atom is -0.383 e. The number of amidine groups is 1. The fourth-order valence-corrected chi connectivity index (χ4v) is 7.33. The molecule has 0 aliphatic rings. The molecule has 0 amide bonds. The van der Waals surface area contributed by atoms with Crippen molar-refractivity contribution in [3.8, 4) is 33.6 Å². The van der Waals surface area contributed by atoms with Gasteiger partial charge in [0.1, 0.15) is 5.84 Å². The Morgan fingerprint density at radius 3 is 1.56 bits per heavy atom. The minimum absolute atomic E-state index is 0.505. The lowest BCUT2D eigenvalue weighted by molar-refractivity contribution is 1.18. The van der Waals surface area contributed by atoms with Gasteiger partial charge in [-0.25, -0.2) is 4.99 Å². The van der Waals surface area contributed by atoms with Gasteiger partial charge in [-0.1, -0.05) is 103 Å². The Balaban J connectivity index is 1.13. The Labute approximate surface area is 290 Å². The predicted octanol–water partition coefficient (Wildman–Crippen LogP) is 11.5. The molecular formula is C46H34N4. The van der Waals surface area contributed by atoms with E-state index in [1.165, 1.54) is 60.4 Å². The highest BCUT2D eigenvalue weighted by atomic mass is 15.0. The van der Waals surface area contributed by atoms with Crippen LogP contribution in [0.3, 0.4) is 0 Å². The van der Waals surface area contributed by atoms with Crippen molar-refractivity contribution in [3.05, 3.63) is 182 Å². The van der Waals surface area contributed by atoms with Crippen molar-refractivity contribution in [1.29, 1.82) is 0 Å². The van der Waals surface area contributed by atoms with Crippen molar-refractivity contribution in [3.63, 3.8) is 0 Å². The van der Waals surface area contributed by atoms with Crippen molar-refractivity contribution in [2.24, 2.45) is 10.7 Å². The highest BCUT2D eigenvalue weighted by Gasteiger charge is 2.16. The maximum atomic E-state index is 6.23. The lowest BCUT2D eigenvalue weighted by atomic mass is 10.0. The molecule has 0 bridgehead atoms. The van der Waals surface area contributed by atoms with Gasteiger partial charge in [-0.3, -0.25) is 0 Å². The molecule has 0 aliphatic carbocycles. The number of benzene rings is 7. The minimum atomic E-state index is 0.505. The topological polar surface area (TPSA) is 48.2 Å². The highest BCUT2D eigenvalue weighted by Crippen LogP contribution is 2.38. The number of hydrogen-bond acceptors (Lipinski definition) is 1. The SMILES string of the molecule is C/C=C\N=C(N)c1cccc(-c2ccc(-n3c4ccccc4c4cc(-c5ccc6c(c5)c5ccccc5n6-c5ccccc5)ccc43)cc2)c1. The summed E-state index contributed by atoms with van der Waals surface area (Å²) in [6.45, 7) is 1.93. The van der Waals surface area contributed by atoms with Crippen LogP contribution in [0.4, 0.5) is 0 Å². The van der Waals surface area contributed by atoms with Crippen LogP contribution in [0.25, 0.3) is 77.2 Å². The standard InChI is InChI=1S/C46H34N4/c1-2-27-48-46(47)35-12-10-11-32(28-35)31-19-23-37(24-20-31)50-43-18-9-7-16-39(43)41-30-34(22-26-45(41)50)33-21-25-44-40(29-33)38-15-6-8-17-42(38)49(44)36-13-4-3-5-14-36/h2-30H,1H3,(H2,47,48)/b27-2-. The smallest absolute Gasteiger partial charge is 0.130 e. The van der Waals surface area contributed by atoms with Crippen molar-refractivity contribution in [1.82, 2.24) is 9.13 Å². The summed E-state index contributed by atoms with van der Waals surface area (Å²) in [7, 11) is 0. The predicted molar refractivity (Wildman–Crippen MR) is 212 cm³/mol. The zero-order valence-electron chi connectivity index (χ0n) is 27.7. The lowest BCUT2D eigenvalue weighted by Gasteiger charge is -2.11. The first kappa shape index (κ1) is 29.5. The third-order valence-electron chi connectivity index (χ3n) is 9.67. The Kier molecular flexibility index (Phi) is 7.14. The van der Waals surface area contributed by atoms with E-state index in [0.717, 1.165) is 22.4 Å². The summed E-state index contributed by atoms with van der Waals surface area (Å²) in [6.07, 6.45) is 3.59. The van der Waals surface area contributed by atoms with Crippen LogP contribution in [0, 0.1) is 0 Å². The molecule has 2 heterocycles. The maximum absolute atomic E-state index is 6.23. The molecule has 9 aromatic rings. The summed E-state index contributed by atoms with van der Waals surface area (Å²) in [4.78, 5) is 4.33. The number of nitrogens with two attached hydrogens (primary N) is 1. The second-order valence-electron chi connectivity index (χ2n) is 12.6. The molecule has 0 spiro atoms. The molecule has 238 valence electrons. The number of hydrogen-bond donors (Lipinski definition) is 1. The molecule has 0 atom stereocenters. The van der Waals surface area contributed by atoms with Crippen molar-refractivity contribution >= 4 is 49.4 Å². The molecule has 4 heteroatoms. The van der Waals surface area contributed by atoms with Crippen molar-refractivity contribution in [2.45, 2.75) is 6.92 Å². The van der Waals surface area contributed by atoms with E-state index in [4.69, 9.17) is 5.73 Å². The zero-order valence-corrected chi connectivity index (χ0v) is 27.7. The third-order valence-corrected chi connectivity index (χ3v) is 9.67. The Morgan fingerprint density at radius 1 is 0.460 bits per heavy atom. The van der Waals surface area contributed by atoms with Crippen LogP contribution in [0.1, 0.15) is 12.5 Å². The van der Waals surface area contributed by atoms with Gasteiger partial charge in [0.05, 0.1) is 22.1 Å².